The van der Waals surface area contributed by atoms with E-state index in [9.17, 15) is 18.0 Å². The molecule has 0 unspecified atom stereocenters. The van der Waals surface area contributed by atoms with Crippen molar-refractivity contribution < 1.29 is 18.0 Å². The van der Waals surface area contributed by atoms with Gasteiger partial charge in [0.15, 0.2) is 0 Å². The molecule has 0 bridgehead atoms. The van der Waals surface area contributed by atoms with Crippen LogP contribution in [-0.4, -0.2) is 69.6 Å². The predicted molar refractivity (Wildman–Crippen MR) is 116 cm³/mol. The average Bonchev–Trinajstić information content (AvgIpc) is 2.74. The number of hydrogen-bond donors (Lipinski definition) is 1. The SMILES string of the molecule is CN1CCN([C@H](CNC(=O)c2ccc(C(F)(F)F)cc2)c2ccc(N(C)C)cc2)CC1. The first kappa shape index (κ1) is 23.1. The van der Waals surface area contributed by atoms with Crippen molar-refractivity contribution in [3.63, 3.8) is 0 Å². The van der Waals surface area contributed by atoms with Crippen molar-refractivity contribution in [3.05, 3.63) is 65.2 Å². The smallest absolute Gasteiger partial charge is 0.378 e. The van der Waals surface area contributed by atoms with Gasteiger partial charge in [-0.15, -0.1) is 0 Å². The first-order valence-electron chi connectivity index (χ1n) is 10.3. The van der Waals surface area contributed by atoms with Crippen molar-refractivity contribution in [1.82, 2.24) is 15.1 Å². The number of carbonyl (C=O) groups excluding carboxylic acids is 1. The summed E-state index contributed by atoms with van der Waals surface area (Å²) in [5.41, 5.74) is 1.64. The van der Waals surface area contributed by atoms with E-state index >= 15 is 0 Å². The van der Waals surface area contributed by atoms with Gasteiger partial charge in [-0.1, -0.05) is 12.1 Å². The Labute approximate surface area is 181 Å². The summed E-state index contributed by atoms with van der Waals surface area (Å²) in [5, 5.41) is 2.92. The maximum Gasteiger partial charge on any atom is 0.416 e. The molecule has 2 aromatic carbocycles. The van der Waals surface area contributed by atoms with Crippen LogP contribution in [0.4, 0.5) is 18.9 Å². The van der Waals surface area contributed by atoms with E-state index in [-0.39, 0.29) is 17.5 Å². The van der Waals surface area contributed by atoms with E-state index in [0.717, 1.165) is 49.6 Å². The van der Waals surface area contributed by atoms with Crippen molar-refractivity contribution in [3.8, 4) is 0 Å². The highest BCUT2D eigenvalue weighted by atomic mass is 19.4. The third-order valence-electron chi connectivity index (χ3n) is 5.70. The van der Waals surface area contributed by atoms with Crippen LogP contribution in [-0.2, 0) is 6.18 Å². The Bertz CT molecular complexity index is 858. The van der Waals surface area contributed by atoms with Crippen LogP contribution in [0.1, 0.15) is 27.5 Å². The quantitative estimate of drug-likeness (QED) is 0.756. The van der Waals surface area contributed by atoms with Gasteiger partial charge in [-0.3, -0.25) is 9.69 Å². The number of anilines is 1. The standard InChI is InChI=1S/C23H29F3N4O/c1-28(2)20-10-6-17(7-11-20)21(30-14-12-29(3)13-15-30)16-27-22(31)18-4-8-19(9-5-18)23(24,25)26/h4-11,21H,12-16H2,1-3H3,(H,27,31)/t21-/m1/s1. The third-order valence-corrected chi connectivity index (χ3v) is 5.70. The Balaban J connectivity index is 1.73. The van der Waals surface area contributed by atoms with E-state index in [1.165, 1.54) is 12.1 Å². The summed E-state index contributed by atoms with van der Waals surface area (Å²) in [5.74, 6) is -0.377. The van der Waals surface area contributed by atoms with Gasteiger partial charge in [-0.25, -0.2) is 0 Å². The minimum Gasteiger partial charge on any atom is -0.378 e. The molecule has 168 valence electrons. The topological polar surface area (TPSA) is 38.8 Å². The molecule has 0 aromatic heterocycles. The summed E-state index contributed by atoms with van der Waals surface area (Å²) in [4.78, 5) is 19.2. The van der Waals surface area contributed by atoms with Crippen LogP contribution in [0, 0.1) is 0 Å². The fraction of sp³-hybridized carbons (Fsp3) is 0.435. The lowest BCUT2D eigenvalue weighted by atomic mass is 10.0. The molecular weight excluding hydrogens is 405 g/mol. The highest BCUT2D eigenvalue weighted by Gasteiger charge is 2.30. The largest absolute Gasteiger partial charge is 0.416 e. The Kier molecular flexibility index (Phi) is 7.23. The highest BCUT2D eigenvalue weighted by molar-refractivity contribution is 5.94. The molecule has 5 nitrogen and oxygen atoms in total. The van der Waals surface area contributed by atoms with Crippen molar-refractivity contribution in [2.45, 2.75) is 12.2 Å². The summed E-state index contributed by atoms with van der Waals surface area (Å²) in [7, 11) is 6.05. The summed E-state index contributed by atoms with van der Waals surface area (Å²) in [6, 6.07) is 12.5. The molecule has 1 aliphatic heterocycles. The third kappa shape index (κ3) is 5.98. The van der Waals surface area contributed by atoms with Gasteiger partial charge in [0.2, 0.25) is 0 Å². The summed E-state index contributed by atoms with van der Waals surface area (Å²) in [6.07, 6.45) is -4.42. The number of nitrogens with one attached hydrogen (secondary N) is 1. The molecule has 1 amide bonds. The first-order valence-corrected chi connectivity index (χ1v) is 10.3. The zero-order valence-electron chi connectivity index (χ0n) is 18.1. The number of piperazine rings is 1. The van der Waals surface area contributed by atoms with E-state index in [2.05, 4.69) is 46.4 Å². The Morgan fingerprint density at radius 3 is 2.10 bits per heavy atom. The van der Waals surface area contributed by atoms with Crippen LogP contribution in [0.5, 0.6) is 0 Å². The number of halogens is 3. The minimum absolute atomic E-state index is 0.0108. The Morgan fingerprint density at radius 1 is 1.00 bits per heavy atom. The molecule has 1 aliphatic rings. The molecule has 31 heavy (non-hydrogen) atoms. The van der Waals surface area contributed by atoms with Crippen LogP contribution in [0.25, 0.3) is 0 Å². The van der Waals surface area contributed by atoms with Crippen LogP contribution < -0.4 is 10.2 Å². The molecule has 1 N–H and O–H groups in total. The lowest BCUT2D eigenvalue weighted by Gasteiger charge is -2.38. The number of hydrogen-bond acceptors (Lipinski definition) is 4. The fourth-order valence-corrected chi connectivity index (χ4v) is 3.69. The van der Waals surface area contributed by atoms with Gasteiger partial charge in [0.1, 0.15) is 0 Å². The van der Waals surface area contributed by atoms with Crippen molar-refractivity contribution in [1.29, 1.82) is 0 Å². The first-order chi connectivity index (χ1) is 14.6. The number of likely N-dealkylation sites (N-methyl/N-ethyl adjacent to an activating group) is 1. The number of benzene rings is 2. The molecule has 2 aromatic rings. The molecule has 1 heterocycles. The number of nitrogens with zero attached hydrogens (tertiary/aromatic N) is 3. The summed E-state index contributed by atoms with van der Waals surface area (Å²) < 4.78 is 38.3. The van der Waals surface area contributed by atoms with Crippen LogP contribution in [0.3, 0.4) is 0 Å². The second-order valence-corrected chi connectivity index (χ2v) is 8.13. The molecule has 0 spiro atoms. The second-order valence-electron chi connectivity index (χ2n) is 8.13. The van der Waals surface area contributed by atoms with E-state index in [1.807, 2.05) is 19.0 Å². The van der Waals surface area contributed by atoms with E-state index in [4.69, 9.17) is 0 Å². The van der Waals surface area contributed by atoms with E-state index in [0.29, 0.717) is 6.54 Å². The zero-order valence-corrected chi connectivity index (χ0v) is 18.1. The van der Waals surface area contributed by atoms with Crippen LogP contribution >= 0.6 is 0 Å². The van der Waals surface area contributed by atoms with Gasteiger partial charge >= 0.3 is 6.18 Å². The number of amides is 1. The van der Waals surface area contributed by atoms with Crippen molar-refractivity contribution >= 4 is 11.6 Å². The van der Waals surface area contributed by atoms with Gasteiger partial charge in [-0.05, 0) is 49.0 Å². The minimum atomic E-state index is -4.42. The molecule has 8 heteroatoms. The van der Waals surface area contributed by atoms with Gasteiger partial charge < -0.3 is 15.1 Å². The zero-order chi connectivity index (χ0) is 22.6. The maximum absolute atomic E-state index is 12.8. The van der Waals surface area contributed by atoms with Gasteiger partial charge in [-0.2, -0.15) is 13.2 Å². The Hall–Kier alpha value is -2.58. The second kappa shape index (κ2) is 9.70. The monoisotopic (exact) mass is 434 g/mol. The van der Waals surface area contributed by atoms with E-state index in [1.54, 1.807) is 0 Å². The van der Waals surface area contributed by atoms with Gasteiger partial charge in [0.05, 0.1) is 11.6 Å². The van der Waals surface area contributed by atoms with Gasteiger partial charge in [0.25, 0.3) is 5.91 Å². The molecule has 0 saturated carbocycles. The van der Waals surface area contributed by atoms with Crippen molar-refractivity contribution in [2.24, 2.45) is 0 Å². The normalized spacial score (nSPS) is 16.7. The Morgan fingerprint density at radius 2 is 1.58 bits per heavy atom. The fourth-order valence-electron chi connectivity index (χ4n) is 3.69. The molecule has 0 aliphatic carbocycles. The number of alkyl halides is 3. The molecule has 0 radical (unpaired) electrons. The maximum atomic E-state index is 12.8. The molecule has 1 saturated heterocycles. The van der Waals surface area contributed by atoms with Crippen LogP contribution in [0.15, 0.2) is 48.5 Å². The number of rotatable bonds is 6. The predicted octanol–water partition coefficient (Wildman–Crippen LogP) is 3.49. The number of carbonyl (C=O) groups is 1. The lowest BCUT2D eigenvalue weighted by Crippen LogP contribution is -2.48. The molecule has 3 rings (SSSR count). The highest BCUT2D eigenvalue weighted by Crippen LogP contribution is 2.29. The van der Waals surface area contributed by atoms with Crippen molar-refractivity contribution in [2.75, 3.05) is 58.8 Å². The molecule has 1 fully saturated rings. The van der Waals surface area contributed by atoms with Gasteiger partial charge in [0, 0.05) is 58.1 Å². The lowest BCUT2D eigenvalue weighted by molar-refractivity contribution is -0.137. The molecular formula is C23H29F3N4O. The van der Waals surface area contributed by atoms with Crippen LogP contribution in [0.2, 0.25) is 0 Å². The average molecular weight is 435 g/mol. The summed E-state index contributed by atoms with van der Waals surface area (Å²) in [6.45, 7) is 4.03. The summed E-state index contributed by atoms with van der Waals surface area (Å²) >= 11 is 0. The van der Waals surface area contributed by atoms with E-state index < -0.39 is 11.7 Å². The molecule has 1 atom stereocenters.